The number of Topliss-reactive ketones (excluding diaryl/α,β-unsaturated/α-hetero) is 1. The van der Waals surface area contributed by atoms with Crippen molar-refractivity contribution in [2.75, 3.05) is 11.9 Å². The number of benzene rings is 2. The molecular formula is C20H13F4NO3S. The summed E-state index contributed by atoms with van der Waals surface area (Å²) in [5, 5.41) is 12.0. The first-order valence-electron chi connectivity index (χ1n) is 8.23. The number of ketones is 1. The molecule has 0 aliphatic carbocycles. The van der Waals surface area contributed by atoms with Crippen molar-refractivity contribution in [3.05, 3.63) is 76.4 Å². The molecule has 0 radical (unpaired) electrons. The SMILES string of the molecule is O=C(CNc1cc(-c2ccccc2)sc1C(=O)O)c1ccc(C(F)(F)F)cc1F. The van der Waals surface area contributed by atoms with Crippen LogP contribution in [0.1, 0.15) is 25.6 Å². The van der Waals surface area contributed by atoms with Crippen LogP contribution in [0.4, 0.5) is 23.2 Å². The number of thiophene rings is 1. The number of nitrogens with one attached hydrogen (secondary N) is 1. The van der Waals surface area contributed by atoms with Crippen LogP contribution < -0.4 is 5.32 Å². The standard InChI is InChI=1S/C20H13F4NO3S/c21-14-8-12(20(22,23)24)6-7-13(14)16(26)10-25-15-9-17(29-18(15)19(27)28)11-4-2-1-3-5-11/h1-9,25H,10H2,(H,27,28). The van der Waals surface area contributed by atoms with Crippen molar-refractivity contribution in [3.8, 4) is 10.4 Å². The van der Waals surface area contributed by atoms with Crippen LogP contribution in [0.15, 0.2) is 54.6 Å². The van der Waals surface area contributed by atoms with Gasteiger partial charge in [-0.25, -0.2) is 9.18 Å². The van der Waals surface area contributed by atoms with E-state index in [2.05, 4.69) is 5.32 Å². The number of rotatable bonds is 6. The first-order chi connectivity index (χ1) is 13.7. The van der Waals surface area contributed by atoms with Gasteiger partial charge in [0, 0.05) is 4.88 Å². The molecule has 0 saturated carbocycles. The van der Waals surface area contributed by atoms with E-state index >= 15 is 0 Å². The molecule has 2 N–H and O–H groups in total. The van der Waals surface area contributed by atoms with Crippen molar-refractivity contribution in [3.63, 3.8) is 0 Å². The molecule has 4 nitrogen and oxygen atoms in total. The molecule has 0 spiro atoms. The smallest absolute Gasteiger partial charge is 0.416 e. The summed E-state index contributed by atoms with van der Waals surface area (Å²) in [6.07, 6.45) is -4.72. The molecule has 2 aromatic carbocycles. The lowest BCUT2D eigenvalue weighted by Crippen LogP contribution is -2.17. The molecule has 0 amide bonds. The second-order valence-electron chi connectivity index (χ2n) is 5.99. The van der Waals surface area contributed by atoms with Crippen LogP contribution in [0.5, 0.6) is 0 Å². The molecule has 3 rings (SSSR count). The van der Waals surface area contributed by atoms with Gasteiger partial charge >= 0.3 is 12.1 Å². The van der Waals surface area contributed by atoms with E-state index in [1.54, 1.807) is 30.3 Å². The number of hydrogen-bond donors (Lipinski definition) is 2. The van der Waals surface area contributed by atoms with Crippen molar-refractivity contribution in [1.29, 1.82) is 0 Å². The number of carbonyl (C=O) groups excluding carboxylic acids is 1. The molecule has 0 saturated heterocycles. The quantitative estimate of drug-likeness (QED) is 0.402. The normalized spacial score (nSPS) is 11.3. The Morgan fingerprint density at radius 3 is 2.31 bits per heavy atom. The van der Waals surface area contributed by atoms with E-state index in [-0.39, 0.29) is 16.6 Å². The molecule has 1 heterocycles. The fraction of sp³-hybridized carbons (Fsp3) is 0.100. The predicted octanol–water partition coefficient (Wildman–Crippen LogP) is 5.57. The lowest BCUT2D eigenvalue weighted by molar-refractivity contribution is -0.137. The molecule has 0 aliphatic heterocycles. The fourth-order valence-corrected chi connectivity index (χ4v) is 3.59. The summed E-state index contributed by atoms with van der Waals surface area (Å²) in [7, 11) is 0. The lowest BCUT2D eigenvalue weighted by Gasteiger charge is -2.09. The Labute approximate surface area is 166 Å². The van der Waals surface area contributed by atoms with Gasteiger partial charge in [-0.05, 0) is 29.8 Å². The number of hydrogen-bond acceptors (Lipinski definition) is 4. The number of halogens is 4. The molecule has 0 bridgehead atoms. The molecule has 0 aliphatic rings. The van der Waals surface area contributed by atoms with E-state index in [4.69, 9.17) is 0 Å². The number of carboxylic acid groups (broad SMARTS) is 1. The van der Waals surface area contributed by atoms with E-state index in [0.29, 0.717) is 10.9 Å². The van der Waals surface area contributed by atoms with Crippen LogP contribution in [0.25, 0.3) is 10.4 Å². The summed E-state index contributed by atoms with van der Waals surface area (Å²) < 4.78 is 51.8. The maximum Gasteiger partial charge on any atom is 0.416 e. The second-order valence-corrected chi connectivity index (χ2v) is 7.05. The summed E-state index contributed by atoms with van der Waals surface area (Å²) in [6, 6.07) is 12.2. The Kier molecular flexibility index (Phi) is 5.69. The topological polar surface area (TPSA) is 66.4 Å². The van der Waals surface area contributed by atoms with Gasteiger partial charge in [0.25, 0.3) is 0 Å². The highest BCUT2D eigenvalue weighted by Gasteiger charge is 2.31. The minimum absolute atomic E-state index is 0.0375. The van der Waals surface area contributed by atoms with Gasteiger partial charge in [-0.15, -0.1) is 11.3 Å². The summed E-state index contributed by atoms with van der Waals surface area (Å²) in [4.78, 5) is 24.3. The van der Waals surface area contributed by atoms with Crippen molar-refractivity contribution in [2.45, 2.75) is 6.18 Å². The molecule has 29 heavy (non-hydrogen) atoms. The number of aromatic carboxylic acids is 1. The summed E-state index contributed by atoms with van der Waals surface area (Å²) in [5.41, 5.74) is -0.755. The van der Waals surface area contributed by atoms with Gasteiger partial charge < -0.3 is 10.4 Å². The first kappa shape index (κ1) is 20.5. The molecule has 1 aromatic heterocycles. The maximum atomic E-state index is 13.9. The largest absolute Gasteiger partial charge is 0.477 e. The first-order valence-corrected chi connectivity index (χ1v) is 9.05. The Balaban J connectivity index is 1.80. The van der Waals surface area contributed by atoms with Crippen molar-refractivity contribution >= 4 is 28.8 Å². The van der Waals surface area contributed by atoms with Gasteiger partial charge in [0.2, 0.25) is 0 Å². The van der Waals surface area contributed by atoms with Gasteiger partial charge in [0.15, 0.2) is 5.78 Å². The van der Waals surface area contributed by atoms with Crippen molar-refractivity contribution in [1.82, 2.24) is 0 Å². The predicted molar refractivity (Wildman–Crippen MR) is 101 cm³/mol. The monoisotopic (exact) mass is 423 g/mol. The van der Waals surface area contributed by atoms with E-state index in [1.165, 1.54) is 0 Å². The van der Waals surface area contributed by atoms with Crippen LogP contribution in [0.2, 0.25) is 0 Å². The zero-order chi connectivity index (χ0) is 21.2. The molecule has 150 valence electrons. The molecular weight excluding hydrogens is 410 g/mol. The highest BCUT2D eigenvalue weighted by Crippen LogP contribution is 2.35. The van der Waals surface area contributed by atoms with Crippen LogP contribution in [0.3, 0.4) is 0 Å². The van der Waals surface area contributed by atoms with Gasteiger partial charge in [-0.2, -0.15) is 13.2 Å². The van der Waals surface area contributed by atoms with Crippen molar-refractivity contribution < 1.29 is 32.3 Å². The Morgan fingerprint density at radius 2 is 1.72 bits per heavy atom. The fourth-order valence-electron chi connectivity index (χ4n) is 2.61. The lowest BCUT2D eigenvalue weighted by atomic mass is 10.1. The summed E-state index contributed by atoms with van der Waals surface area (Å²) in [5.74, 6) is -3.30. The third-order valence-electron chi connectivity index (χ3n) is 4.02. The van der Waals surface area contributed by atoms with Crippen LogP contribution in [0, 0.1) is 5.82 Å². The molecule has 0 fully saturated rings. The van der Waals surface area contributed by atoms with Crippen LogP contribution >= 0.6 is 11.3 Å². The summed E-state index contributed by atoms with van der Waals surface area (Å²) >= 11 is 1.00. The molecule has 3 aromatic rings. The number of alkyl halides is 3. The average molecular weight is 423 g/mol. The van der Waals surface area contributed by atoms with Gasteiger partial charge in [0.05, 0.1) is 23.4 Å². The van der Waals surface area contributed by atoms with Crippen molar-refractivity contribution in [2.24, 2.45) is 0 Å². The van der Waals surface area contributed by atoms with E-state index < -0.39 is 41.4 Å². The molecule has 0 unspecified atom stereocenters. The summed E-state index contributed by atoms with van der Waals surface area (Å²) in [6.45, 7) is -0.479. The minimum Gasteiger partial charge on any atom is -0.477 e. The van der Waals surface area contributed by atoms with Crippen LogP contribution in [-0.2, 0) is 6.18 Å². The van der Waals surface area contributed by atoms with E-state index in [1.807, 2.05) is 6.07 Å². The van der Waals surface area contributed by atoms with Gasteiger partial charge in [-0.3, -0.25) is 4.79 Å². The highest BCUT2D eigenvalue weighted by atomic mass is 32.1. The Bertz CT molecular complexity index is 1060. The maximum absolute atomic E-state index is 13.9. The average Bonchev–Trinajstić information content (AvgIpc) is 3.10. The number of carboxylic acids is 1. The zero-order valence-electron chi connectivity index (χ0n) is 14.6. The van der Waals surface area contributed by atoms with E-state index in [9.17, 15) is 32.3 Å². The third-order valence-corrected chi connectivity index (χ3v) is 5.19. The number of anilines is 1. The highest BCUT2D eigenvalue weighted by molar-refractivity contribution is 7.18. The Hall–Kier alpha value is -3.20. The zero-order valence-corrected chi connectivity index (χ0v) is 15.4. The number of carbonyl (C=O) groups is 2. The van der Waals surface area contributed by atoms with E-state index in [0.717, 1.165) is 23.0 Å². The second kappa shape index (κ2) is 8.04. The minimum atomic E-state index is -4.72. The van der Waals surface area contributed by atoms with Gasteiger partial charge in [0.1, 0.15) is 10.7 Å². The molecule has 9 heteroatoms. The van der Waals surface area contributed by atoms with Crippen LogP contribution in [-0.4, -0.2) is 23.4 Å². The van der Waals surface area contributed by atoms with Gasteiger partial charge in [-0.1, -0.05) is 30.3 Å². The molecule has 0 atom stereocenters. The third kappa shape index (κ3) is 4.62. The Morgan fingerprint density at radius 1 is 1.03 bits per heavy atom.